The maximum absolute atomic E-state index is 9.32. The number of rotatable bonds is 2. The first-order valence-corrected chi connectivity index (χ1v) is 6.40. The molecule has 0 aliphatic carbocycles. The fourth-order valence-corrected chi connectivity index (χ4v) is 2.75. The summed E-state index contributed by atoms with van der Waals surface area (Å²) in [5.74, 6) is 3.30. The lowest BCUT2D eigenvalue weighted by Gasteiger charge is -2.33. The molecular weight excluding hydrogens is 272 g/mol. The van der Waals surface area contributed by atoms with Gasteiger partial charge in [0.25, 0.3) is 0 Å². The summed E-state index contributed by atoms with van der Waals surface area (Å²) in [7, 11) is 1.60. The highest BCUT2D eigenvalue weighted by molar-refractivity contribution is 6.28. The zero-order valence-corrected chi connectivity index (χ0v) is 12.0. The van der Waals surface area contributed by atoms with Crippen LogP contribution in [0.5, 0.6) is 5.75 Å². The SMILES string of the molecule is C#CC1=CC=NC(C#N)C1(Cl)c1ccc(OC)cc1C. The van der Waals surface area contributed by atoms with Crippen molar-refractivity contribution in [1.29, 1.82) is 5.26 Å². The van der Waals surface area contributed by atoms with Crippen molar-refractivity contribution in [1.82, 2.24) is 0 Å². The Balaban J connectivity index is 2.64. The van der Waals surface area contributed by atoms with E-state index in [9.17, 15) is 5.26 Å². The fraction of sp³-hybridized carbons (Fsp3) is 0.250. The van der Waals surface area contributed by atoms with Crippen LogP contribution in [0.4, 0.5) is 0 Å². The molecule has 1 aliphatic rings. The average Bonchev–Trinajstić information content (AvgIpc) is 2.46. The molecule has 0 aromatic heterocycles. The normalized spacial score (nSPS) is 24.4. The molecule has 0 amide bonds. The molecule has 0 bridgehead atoms. The molecule has 0 spiro atoms. The molecular formula is C16H13ClN2O. The topological polar surface area (TPSA) is 45.4 Å². The van der Waals surface area contributed by atoms with Gasteiger partial charge < -0.3 is 4.74 Å². The molecule has 0 saturated carbocycles. The number of alkyl halides is 1. The Kier molecular flexibility index (Phi) is 3.84. The highest BCUT2D eigenvalue weighted by Crippen LogP contribution is 2.44. The third-order valence-electron chi connectivity index (χ3n) is 3.35. The highest BCUT2D eigenvalue weighted by Gasteiger charge is 2.44. The van der Waals surface area contributed by atoms with Crippen LogP contribution in [0.3, 0.4) is 0 Å². The summed E-state index contributed by atoms with van der Waals surface area (Å²) in [4.78, 5) is 3.01. The molecule has 2 rings (SSSR count). The van der Waals surface area contributed by atoms with Crippen molar-refractivity contribution < 1.29 is 4.74 Å². The predicted molar refractivity (Wildman–Crippen MR) is 80.1 cm³/mol. The van der Waals surface area contributed by atoms with Gasteiger partial charge in [-0.05, 0) is 36.3 Å². The number of dihydropyridines is 1. The number of methoxy groups -OCH3 is 1. The van der Waals surface area contributed by atoms with Gasteiger partial charge in [0.05, 0.1) is 13.2 Å². The van der Waals surface area contributed by atoms with E-state index in [1.807, 2.05) is 19.1 Å². The lowest BCUT2D eigenvalue weighted by molar-refractivity contribution is 0.414. The van der Waals surface area contributed by atoms with Gasteiger partial charge >= 0.3 is 0 Å². The molecule has 3 nitrogen and oxygen atoms in total. The maximum Gasteiger partial charge on any atom is 0.164 e. The van der Waals surface area contributed by atoms with Crippen LogP contribution in [0.25, 0.3) is 0 Å². The average molecular weight is 285 g/mol. The van der Waals surface area contributed by atoms with Crippen LogP contribution >= 0.6 is 11.6 Å². The Bertz CT molecular complexity index is 679. The zero-order chi connectivity index (χ0) is 14.8. The molecule has 0 radical (unpaired) electrons. The number of nitrogens with zero attached hydrogens (tertiary/aromatic N) is 2. The highest BCUT2D eigenvalue weighted by atomic mass is 35.5. The van der Waals surface area contributed by atoms with Gasteiger partial charge in [0.1, 0.15) is 10.6 Å². The van der Waals surface area contributed by atoms with Gasteiger partial charge in [-0.2, -0.15) is 5.26 Å². The predicted octanol–water partition coefficient (Wildman–Crippen LogP) is 2.97. The van der Waals surface area contributed by atoms with Gasteiger partial charge in [0.15, 0.2) is 6.04 Å². The van der Waals surface area contributed by atoms with Gasteiger partial charge in [0.2, 0.25) is 0 Å². The Morgan fingerprint density at radius 3 is 2.80 bits per heavy atom. The Labute approximate surface area is 123 Å². The summed E-state index contributed by atoms with van der Waals surface area (Å²) >= 11 is 6.75. The third kappa shape index (κ3) is 2.07. The van der Waals surface area contributed by atoms with Crippen molar-refractivity contribution >= 4 is 17.8 Å². The van der Waals surface area contributed by atoms with E-state index in [4.69, 9.17) is 22.8 Å². The Hall–Kier alpha value is -2.23. The molecule has 2 unspecified atom stereocenters. The van der Waals surface area contributed by atoms with Crippen LogP contribution in [-0.4, -0.2) is 19.4 Å². The first-order chi connectivity index (χ1) is 9.57. The van der Waals surface area contributed by atoms with Crippen molar-refractivity contribution in [3.8, 4) is 24.2 Å². The van der Waals surface area contributed by atoms with Gasteiger partial charge in [-0.15, -0.1) is 18.0 Å². The smallest absolute Gasteiger partial charge is 0.164 e. The number of nitriles is 1. The number of hydrogen-bond donors (Lipinski definition) is 0. The summed E-state index contributed by atoms with van der Waals surface area (Å²) in [6.07, 6.45) is 8.74. The third-order valence-corrected chi connectivity index (χ3v) is 3.96. The first-order valence-electron chi connectivity index (χ1n) is 6.02. The summed E-state index contributed by atoms with van der Waals surface area (Å²) in [5, 5.41) is 9.32. The number of terminal acetylenes is 1. The number of ether oxygens (including phenoxy) is 1. The fourth-order valence-electron chi connectivity index (χ4n) is 2.31. The van der Waals surface area contributed by atoms with E-state index in [1.165, 1.54) is 6.21 Å². The largest absolute Gasteiger partial charge is 0.497 e. The molecule has 20 heavy (non-hydrogen) atoms. The van der Waals surface area contributed by atoms with Crippen molar-refractivity contribution in [3.63, 3.8) is 0 Å². The minimum absolute atomic E-state index is 0.536. The van der Waals surface area contributed by atoms with E-state index < -0.39 is 10.9 Å². The molecule has 0 fully saturated rings. The first kappa shape index (κ1) is 14.2. The minimum Gasteiger partial charge on any atom is -0.497 e. The second-order valence-electron chi connectivity index (χ2n) is 4.45. The number of benzene rings is 1. The molecule has 1 aromatic carbocycles. The maximum atomic E-state index is 9.32. The number of aliphatic imine (C=N–C) groups is 1. The van der Waals surface area contributed by atoms with Crippen molar-refractivity contribution in [3.05, 3.63) is 41.0 Å². The van der Waals surface area contributed by atoms with Gasteiger partial charge in [-0.3, -0.25) is 4.99 Å². The summed E-state index contributed by atoms with van der Waals surface area (Å²) in [6, 6.07) is 6.85. The van der Waals surface area contributed by atoms with Crippen LogP contribution in [0.1, 0.15) is 11.1 Å². The minimum atomic E-state index is -1.13. The molecule has 1 heterocycles. The summed E-state index contributed by atoms with van der Waals surface area (Å²) in [5.41, 5.74) is 2.21. The molecule has 2 atom stereocenters. The van der Waals surface area contributed by atoms with E-state index in [1.54, 1.807) is 19.3 Å². The van der Waals surface area contributed by atoms with Crippen LogP contribution < -0.4 is 4.74 Å². The lowest BCUT2D eigenvalue weighted by Crippen LogP contribution is -2.36. The monoisotopic (exact) mass is 284 g/mol. The number of hydrogen-bond acceptors (Lipinski definition) is 3. The molecule has 100 valence electrons. The molecule has 0 saturated heterocycles. The molecule has 4 heteroatoms. The lowest BCUT2D eigenvalue weighted by atomic mass is 9.81. The van der Waals surface area contributed by atoms with Gasteiger partial charge in [-0.25, -0.2) is 0 Å². The molecule has 0 N–H and O–H groups in total. The molecule has 1 aromatic rings. The van der Waals surface area contributed by atoms with E-state index >= 15 is 0 Å². The number of allylic oxidation sites excluding steroid dienone is 1. The second kappa shape index (κ2) is 5.41. The quantitative estimate of drug-likeness (QED) is 0.619. The Morgan fingerprint density at radius 1 is 1.50 bits per heavy atom. The van der Waals surface area contributed by atoms with Crippen LogP contribution in [0.15, 0.2) is 34.8 Å². The van der Waals surface area contributed by atoms with Crippen LogP contribution in [0.2, 0.25) is 0 Å². The Morgan fingerprint density at radius 2 is 2.25 bits per heavy atom. The zero-order valence-electron chi connectivity index (χ0n) is 11.2. The molecule has 1 aliphatic heterocycles. The summed E-state index contributed by atoms with van der Waals surface area (Å²) < 4.78 is 5.18. The number of aryl methyl sites for hydroxylation is 1. The van der Waals surface area contributed by atoms with Crippen LogP contribution in [-0.2, 0) is 4.87 Å². The van der Waals surface area contributed by atoms with E-state index in [2.05, 4.69) is 17.0 Å². The van der Waals surface area contributed by atoms with E-state index in [0.717, 1.165) is 16.9 Å². The van der Waals surface area contributed by atoms with Crippen molar-refractivity contribution in [2.45, 2.75) is 17.8 Å². The van der Waals surface area contributed by atoms with E-state index in [0.29, 0.717) is 5.57 Å². The van der Waals surface area contributed by atoms with Gasteiger partial charge in [-0.1, -0.05) is 12.0 Å². The van der Waals surface area contributed by atoms with Crippen molar-refractivity contribution in [2.24, 2.45) is 4.99 Å². The van der Waals surface area contributed by atoms with Crippen LogP contribution in [0, 0.1) is 30.6 Å². The van der Waals surface area contributed by atoms with E-state index in [-0.39, 0.29) is 0 Å². The van der Waals surface area contributed by atoms with Crippen molar-refractivity contribution in [2.75, 3.05) is 7.11 Å². The standard InChI is InChI=1S/C16H13ClN2O/c1-4-12-7-8-19-15(10-18)16(12,17)14-6-5-13(20-3)9-11(14)2/h1,5-9,15H,2-3H3. The van der Waals surface area contributed by atoms with Gasteiger partial charge in [0, 0.05) is 11.8 Å². The summed E-state index contributed by atoms with van der Waals surface area (Å²) in [6.45, 7) is 1.91. The second-order valence-corrected chi connectivity index (χ2v) is 5.04. The number of halogens is 1.